The first kappa shape index (κ1) is 23.5. The van der Waals surface area contributed by atoms with Crippen molar-refractivity contribution in [3.05, 3.63) is 46.4 Å². The van der Waals surface area contributed by atoms with E-state index in [-0.39, 0.29) is 5.56 Å². The molecule has 11 heteroatoms. The Morgan fingerprint density at radius 3 is 2.71 bits per heavy atom. The molecule has 0 spiro atoms. The Bertz CT molecular complexity index is 1490. The summed E-state index contributed by atoms with van der Waals surface area (Å²) in [5.41, 5.74) is 1.25. The maximum atomic E-state index is 12.9. The van der Waals surface area contributed by atoms with Crippen LogP contribution in [-0.2, 0) is 22.1 Å². The van der Waals surface area contributed by atoms with Crippen LogP contribution in [0.3, 0.4) is 0 Å². The fourth-order valence-corrected chi connectivity index (χ4v) is 6.79. The van der Waals surface area contributed by atoms with E-state index >= 15 is 0 Å². The van der Waals surface area contributed by atoms with Crippen molar-refractivity contribution in [1.29, 1.82) is 5.26 Å². The van der Waals surface area contributed by atoms with E-state index in [1.165, 1.54) is 4.31 Å². The van der Waals surface area contributed by atoms with Gasteiger partial charge in [0.1, 0.15) is 5.39 Å². The number of nitrogens with zero attached hydrogens (tertiary/aromatic N) is 5. The molecule has 0 atom stereocenters. The highest BCUT2D eigenvalue weighted by Crippen LogP contribution is 2.41. The van der Waals surface area contributed by atoms with Crippen molar-refractivity contribution in [3.63, 3.8) is 0 Å². The molecule has 1 aliphatic carbocycles. The number of aromatic amines is 1. The third kappa shape index (κ3) is 3.82. The molecule has 0 unspecified atom stereocenters. The Hall–Kier alpha value is -3.20. The summed E-state index contributed by atoms with van der Waals surface area (Å²) in [6, 6.07) is 9.69. The third-order valence-electron chi connectivity index (χ3n) is 7.48. The number of hydrogen-bond acceptors (Lipinski definition) is 7. The molecule has 0 bridgehead atoms. The first-order chi connectivity index (χ1) is 16.7. The molecule has 1 saturated carbocycles. The van der Waals surface area contributed by atoms with Crippen molar-refractivity contribution in [1.82, 2.24) is 24.0 Å². The fraction of sp³-hybridized carbons (Fsp3) is 0.458. The summed E-state index contributed by atoms with van der Waals surface area (Å²) in [6.07, 6.45) is 5.36. The molecule has 5 rings (SSSR count). The highest BCUT2D eigenvalue weighted by atomic mass is 32.2. The summed E-state index contributed by atoms with van der Waals surface area (Å²) in [7, 11) is 2.25. The molecule has 2 aliphatic rings. The highest BCUT2D eigenvalue weighted by molar-refractivity contribution is 7.89. The van der Waals surface area contributed by atoms with Crippen LogP contribution in [0, 0.1) is 11.3 Å². The van der Waals surface area contributed by atoms with Crippen LogP contribution in [0.5, 0.6) is 0 Å². The van der Waals surface area contributed by atoms with E-state index in [1.807, 2.05) is 10.7 Å². The van der Waals surface area contributed by atoms with Gasteiger partial charge in [-0.05, 0) is 69.6 Å². The van der Waals surface area contributed by atoms with Gasteiger partial charge in [0.25, 0.3) is 5.56 Å². The lowest BCUT2D eigenvalue weighted by Crippen LogP contribution is -2.43. The lowest BCUT2D eigenvalue weighted by atomic mass is 9.77. The van der Waals surface area contributed by atoms with Crippen LogP contribution in [0.25, 0.3) is 10.9 Å². The molecule has 35 heavy (non-hydrogen) atoms. The third-order valence-corrected chi connectivity index (χ3v) is 9.39. The number of aromatic nitrogens is 3. The van der Waals surface area contributed by atoms with E-state index in [9.17, 15) is 18.5 Å². The topological polar surface area (TPSA) is 127 Å². The number of benzene rings is 1. The molecule has 1 aromatic carbocycles. The van der Waals surface area contributed by atoms with Gasteiger partial charge in [-0.2, -0.15) is 14.7 Å². The minimum atomic E-state index is -3.45. The molecule has 2 N–H and O–H groups in total. The number of nitriles is 1. The Morgan fingerprint density at radius 1 is 1.29 bits per heavy atom. The number of sulfonamides is 1. The molecule has 0 radical (unpaired) electrons. The predicted octanol–water partition coefficient (Wildman–Crippen LogP) is 2.72. The minimum absolute atomic E-state index is 0.270. The van der Waals surface area contributed by atoms with E-state index in [2.05, 4.69) is 35.4 Å². The summed E-state index contributed by atoms with van der Waals surface area (Å²) in [6.45, 7) is 0.293. The fourth-order valence-electron chi connectivity index (χ4n) is 5.46. The van der Waals surface area contributed by atoms with E-state index in [0.717, 1.165) is 25.7 Å². The van der Waals surface area contributed by atoms with Crippen LogP contribution in [0.4, 0.5) is 11.5 Å². The van der Waals surface area contributed by atoms with Crippen molar-refractivity contribution in [3.8, 4) is 6.07 Å². The number of pyridine rings is 1. The van der Waals surface area contributed by atoms with Gasteiger partial charge in [0.05, 0.1) is 28.4 Å². The number of H-pyrrole nitrogens is 1. The van der Waals surface area contributed by atoms with Gasteiger partial charge in [-0.1, -0.05) is 0 Å². The van der Waals surface area contributed by atoms with Gasteiger partial charge in [-0.3, -0.25) is 9.48 Å². The van der Waals surface area contributed by atoms with Gasteiger partial charge in [0.2, 0.25) is 10.0 Å². The monoisotopic (exact) mass is 495 g/mol. The number of fused-ring (bicyclic) bond motifs is 2. The van der Waals surface area contributed by atoms with Gasteiger partial charge < -0.3 is 15.2 Å². The SMILES string of the molecule is CN(C)C1CCC(CC#N)(n2nc(Nc3ccc4c(c3)CN(C)S4(=O)=O)c3c(=O)[nH]ccc32)CC1. The molecule has 1 fully saturated rings. The van der Waals surface area contributed by atoms with Gasteiger partial charge in [0.15, 0.2) is 5.82 Å². The van der Waals surface area contributed by atoms with Crippen molar-refractivity contribution in [2.24, 2.45) is 0 Å². The summed E-state index contributed by atoms with van der Waals surface area (Å²) >= 11 is 0. The van der Waals surface area contributed by atoms with Gasteiger partial charge in [-0.15, -0.1) is 0 Å². The summed E-state index contributed by atoms with van der Waals surface area (Å²) in [5.74, 6) is 0.392. The molecule has 10 nitrogen and oxygen atoms in total. The molecule has 2 aromatic heterocycles. The van der Waals surface area contributed by atoms with Gasteiger partial charge in [0, 0.05) is 31.5 Å². The quantitative estimate of drug-likeness (QED) is 0.557. The molecule has 3 heterocycles. The van der Waals surface area contributed by atoms with Crippen molar-refractivity contribution in [2.45, 2.75) is 55.1 Å². The predicted molar refractivity (Wildman–Crippen MR) is 133 cm³/mol. The second kappa shape index (κ2) is 8.48. The van der Waals surface area contributed by atoms with Crippen LogP contribution in [0.1, 0.15) is 37.7 Å². The Balaban J connectivity index is 1.57. The van der Waals surface area contributed by atoms with E-state index in [4.69, 9.17) is 5.10 Å². The normalized spacial score (nSPS) is 23.9. The highest BCUT2D eigenvalue weighted by Gasteiger charge is 2.40. The van der Waals surface area contributed by atoms with Crippen molar-refractivity contribution < 1.29 is 8.42 Å². The zero-order chi connectivity index (χ0) is 25.0. The number of nitrogens with one attached hydrogen (secondary N) is 2. The lowest BCUT2D eigenvalue weighted by molar-refractivity contribution is 0.119. The lowest BCUT2D eigenvalue weighted by Gasteiger charge is -2.41. The molecule has 1 aliphatic heterocycles. The summed E-state index contributed by atoms with van der Waals surface area (Å²) in [4.78, 5) is 18.2. The first-order valence-corrected chi connectivity index (χ1v) is 13.1. The largest absolute Gasteiger partial charge is 0.338 e. The molecule has 184 valence electrons. The number of hydrogen-bond donors (Lipinski definition) is 2. The van der Waals surface area contributed by atoms with Crippen molar-refractivity contribution >= 4 is 32.4 Å². The number of rotatable bonds is 5. The maximum Gasteiger partial charge on any atom is 0.261 e. The van der Waals surface area contributed by atoms with Gasteiger partial charge in [-0.25, -0.2) is 8.42 Å². The maximum absolute atomic E-state index is 12.9. The van der Waals surface area contributed by atoms with Crippen LogP contribution in [0.2, 0.25) is 0 Å². The Labute approximate surface area is 204 Å². The Kier molecular flexibility index (Phi) is 5.70. The summed E-state index contributed by atoms with van der Waals surface area (Å²) < 4.78 is 28.0. The van der Waals surface area contributed by atoms with E-state index < -0.39 is 15.6 Å². The average Bonchev–Trinajstić information content (AvgIpc) is 3.29. The smallest absolute Gasteiger partial charge is 0.261 e. The second-order valence-electron chi connectivity index (χ2n) is 9.79. The average molecular weight is 496 g/mol. The van der Waals surface area contributed by atoms with Crippen LogP contribution < -0.4 is 10.9 Å². The second-order valence-corrected chi connectivity index (χ2v) is 11.8. The van der Waals surface area contributed by atoms with Crippen LogP contribution in [0.15, 0.2) is 40.2 Å². The Morgan fingerprint density at radius 2 is 2.03 bits per heavy atom. The van der Waals surface area contributed by atoms with E-state index in [0.29, 0.717) is 51.9 Å². The zero-order valence-corrected chi connectivity index (χ0v) is 20.9. The number of anilines is 2. The molecule has 0 amide bonds. The van der Waals surface area contributed by atoms with E-state index in [1.54, 1.807) is 31.4 Å². The van der Waals surface area contributed by atoms with Crippen molar-refractivity contribution in [2.75, 3.05) is 26.5 Å². The summed E-state index contributed by atoms with van der Waals surface area (Å²) in [5, 5.41) is 18.2. The standard InChI is InChI=1S/C24H29N7O3S/c1-29(2)18-6-9-24(10-7-18,11-12-25)31-19-8-13-26-23(32)21(19)22(28-31)27-17-4-5-20-16(14-17)15-30(3)35(20,33)34/h4-5,8,13-14,18H,6-7,9-11,15H2,1-3H3,(H,26,32)(H,27,28). The van der Waals surface area contributed by atoms with Crippen LogP contribution >= 0.6 is 0 Å². The first-order valence-electron chi connectivity index (χ1n) is 11.7. The molecular formula is C24H29N7O3S. The molecular weight excluding hydrogens is 466 g/mol. The molecule has 0 saturated heterocycles. The van der Waals surface area contributed by atoms with Crippen LogP contribution in [-0.4, -0.2) is 59.6 Å². The van der Waals surface area contributed by atoms with Gasteiger partial charge >= 0.3 is 0 Å². The zero-order valence-electron chi connectivity index (χ0n) is 20.1. The molecule has 3 aromatic rings. The minimum Gasteiger partial charge on any atom is -0.338 e.